The molecule has 0 saturated heterocycles. The van der Waals surface area contributed by atoms with Gasteiger partial charge in [-0.05, 0) is 43.5 Å². The Balaban J connectivity index is 2.11. The van der Waals surface area contributed by atoms with Crippen LogP contribution in [0.3, 0.4) is 0 Å². The van der Waals surface area contributed by atoms with E-state index >= 15 is 0 Å². The Bertz CT molecular complexity index is 973. The second kappa shape index (κ2) is 7.76. The summed E-state index contributed by atoms with van der Waals surface area (Å²) in [6.07, 6.45) is 1.28. The number of methoxy groups -OCH3 is 1. The second-order valence-corrected chi connectivity index (χ2v) is 15.3. The fraction of sp³-hybridized carbons (Fsp3) is 0.524. The predicted octanol–water partition coefficient (Wildman–Crippen LogP) is 4.59. The van der Waals surface area contributed by atoms with Crippen LogP contribution >= 0.6 is 15.9 Å². The smallest absolute Gasteiger partial charge is 0.316 e. The Labute approximate surface area is 175 Å². The minimum Gasteiger partial charge on any atom is -0.468 e. The van der Waals surface area contributed by atoms with Crippen molar-refractivity contribution in [1.82, 2.24) is 4.57 Å². The third-order valence-electron chi connectivity index (χ3n) is 5.51. The summed E-state index contributed by atoms with van der Waals surface area (Å²) in [6.45, 7) is 9.62. The van der Waals surface area contributed by atoms with E-state index in [1.807, 2.05) is 25.1 Å². The van der Waals surface area contributed by atoms with E-state index in [4.69, 9.17) is 9.47 Å². The van der Waals surface area contributed by atoms with Gasteiger partial charge >= 0.3 is 5.97 Å². The first-order valence-electron chi connectivity index (χ1n) is 9.61. The van der Waals surface area contributed by atoms with Crippen LogP contribution in [0.5, 0.6) is 0 Å². The van der Waals surface area contributed by atoms with E-state index < -0.39 is 13.5 Å². The van der Waals surface area contributed by atoms with Crippen molar-refractivity contribution in [1.29, 1.82) is 0 Å². The number of hydrogen-bond acceptors (Lipinski definition) is 4. The standard InChI is InChI=1S/C21H28BrNO4Si/c1-14-17-15(22)7-6-8-16(17)23(13-27-11-12-28(3,4)5)19(24)18(14)21(9-10-21)20(25)26-2/h6-8H,9-13H2,1-5H3. The molecule has 7 heteroatoms. The summed E-state index contributed by atoms with van der Waals surface area (Å²) in [7, 11) is 0.169. The van der Waals surface area contributed by atoms with Gasteiger partial charge in [0.1, 0.15) is 6.73 Å². The molecule has 1 aliphatic rings. The number of pyridine rings is 1. The number of aromatic nitrogens is 1. The van der Waals surface area contributed by atoms with Gasteiger partial charge in [-0.2, -0.15) is 0 Å². The van der Waals surface area contributed by atoms with E-state index in [1.54, 1.807) is 4.57 Å². The number of benzene rings is 1. The van der Waals surface area contributed by atoms with Gasteiger partial charge in [0, 0.05) is 30.1 Å². The second-order valence-electron chi connectivity index (χ2n) is 8.79. The number of halogens is 1. The number of carbonyl (C=O) groups excluding carboxylic acids is 1. The molecule has 0 unspecified atom stereocenters. The summed E-state index contributed by atoms with van der Waals surface area (Å²) in [4.78, 5) is 26.0. The molecule has 2 aromatic rings. The van der Waals surface area contributed by atoms with Gasteiger partial charge in [-0.3, -0.25) is 14.2 Å². The quantitative estimate of drug-likeness (QED) is 0.340. The number of hydrogen-bond donors (Lipinski definition) is 0. The van der Waals surface area contributed by atoms with Crippen LogP contribution in [0, 0.1) is 6.92 Å². The highest BCUT2D eigenvalue weighted by Gasteiger charge is 2.55. The van der Waals surface area contributed by atoms with E-state index in [0.29, 0.717) is 25.0 Å². The summed E-state index contributed by atoms with van der Waals surface area (Å²) in [5.74, 6) is -0.328. The molecule has 0 aliphatic heterocycles. The first-order valence-corrected chi connectivity index (χ1v) is 14.1. The summed E-state index contributed by atoms with van der Waals surface area (Å²) >= 11 is 3.62. The molecule has 1 aromatic carbocycles. The van der Waals surface area contributed by atoms with Gasteiger partial charge in [0.2, 0.25) is 0 Å². The van der Waals surface area contributed by atoms with Gasteiger partial charge < -0.3 is 9.47 Å². The molecule has 0 radical (unpaired) electrons. The molecule has 1 saturated carbocycles. The highest BCUT2D eigenvalue weighted by Crippen LogP contribution is 2.50. The van der Waals surface area contributed by atoms with Crippen LogP contribution in [-0.4, -0.2) is 32.3 Å². The number of rotatable bonds is 7. The molecule has 0 spiro atoms. The lowest BCUT2D eigenvalue weighted by Gasteiger charge is -2.21. The Morgan fingerprint density at radius 1 is 1.29 bits per heavy atom. The zero-order valence-electron chi connectivity index (χ0n) is 17.2. The SMILES string of the molecule is COC(=O)C1(c2c(C)c3c(Br)cccc3n(COCC[Si](C)(C)C)c2=O)CC1. The fourth-order valence-corrected chi connectivity index (χ4v) is 5.15. The Morgan fingerprint density at radius 3 is 2.54 bits per heavy atom. The topological polar surface area (TPSA) is 57.5 Å². The molecule has 5 nitrogen and oxygen atoms in total. The molecule has 3 rings (SSSR count). The Morgan fingerprint density at radius 2 is 1.96 bits per heavy atom. The van der Waals surface area contributed by atoms with E-state index in [1.165, 1.54) is 7.11 Å². The monoisotopic (exact) mass is 465 g/mol. The van der Waals surface area contributed by atoms with Crippen LogP contribution in [0.2, 0.25) is 25.7 Å². The van der Waals surface area contributed by atoms with Crippen molar-refractivity contribution < 1.29 is 14.3 Å². The highest BCUT2D eigenvalue weighted by atomic mass is 79.9. The lowest BCUT2D eigenvalue weighted by Crippen LogP contribution is -2.35. The van der Waals surface area contributed by atoms with E-state index in [9.17, 15) is 9.59 Å². The Kier molecular flexibility index (Phi) is 5.90. The van der Waals surface area contributed by atoms with Crippen molar-refractivity contribution in [3.63, 3.8) is 0 Å². The maximum Gasteiger partial charge on any atom is 0.316 e. The summed E-state index contributed by atoms with van der Waals surface area (Å²) in [5.41, 5.74) is 1.23. The zero-order valence-corrected chi connectivity index (χ0v) is 19.8. The molecule has 0 bridgehead atoms. The van der Waals surface area contributed by atoms with Crippen LogP contribution in [0.4, 0.5) is 0 Å². The van der Waals surface area contributed by atoms with Gasteiger partial charge in [-0.1, -0.05) is 41.6 Å². The van der Waals surface area contributed by atoms with Crippen molar-refractivity contribution >= 4 is 40.9 Å². The molecule has 0 amide bonds. The van der Waals surface area contributed by atoms with Crippen molar-refractivity contribution in [2.45, 2.75) is 57.6 Å². The lowest BCUT2D eigenvalue weighted by atomic mass is 9.91. The highest BCUT2D eigenvalue weighted by molar-refractivity contribution is 9.10. The molecule has 0 atom stereocenters. The number of ether oxygens (including phenoxy) is 2. The van der Waals surface area contributed by atoms with Crippen LogP contribution < -0.4 is 5.56 Å². The molecule has 1 heterocycles. The summed E-state index contributed by atoms with van der Waals surface area (Å²) in [6, 6.07) is 6.83. The predicted molar refractivity (Wildman–Crippen MR) is 118 cm³/mol. The molecular weight excluding hydrogens is 438 g/mol. The van der Waals surface area contributed by atoms with E-state index in [-0.39, 0.29) is 18.3 Å². The van der Waals surface area contributed by atoms with Gasteiger partial charge in [0.25, 0.3) is 5.56 Å². The minimum absolute atomic E-state index is 0.154. The number of carbonyl (C=O) groups is 1. The summed E-state index contributed by atoms with van der Waals surface area (Å²) in [5, 5.41) is 0.945. The molecule has 0 N–H and O–H groups in total. The maximum atomic E-state index is 13.5. The first-order chi connectivity index (χ1) is 13.1. The number of fused-ring (bicyclic) bond motifs is 1. The van der Waals surface area contributed by atoms with Gasteiger partial charge in [-0.15, -0.1) is 0 Å². The van der Waals surface area contributed by atoms with Crippen molar-refractivity contribution in [2.24, 2.45) is 0 Å². The minimum atomic E-state index is -1.21. The molecule has 1 aromatic heterocycles. The van der Waals surface area contributed by atoms with Gasteiger partial charge in [0.05, 0.1) is 18.0 Å². The third-order valence-corrected chi connectivity index (χ3v) is 7.88. The van der Waals surface area contributed by atoms with E-state index in [2.05, 4.69) is 35.6 Å². The number of nitrogens with zero attached hydrogens (tertiary/aromatic N) is 1. The lowest BCUT2D eigenvalue weighted by molar-refractivity contribution is -0.143. The number of esters is 1. The first kappa shape index (κ1) is 21.3. The largest absolute Gasteiger partial charge is 0.468 e. The maximum absolute atomic E-state index is 13.5. The molecular formula is C21H28BrNO4Si. The zero-order chi connectivity index (χ0) is 20.7. The molecule has 152 valence electrons. The van der Waals surface area contributed by atoms with Crippen molar-refractivity contribution in [2.75, 3.05) is 13.7 Å². The van der Waals surface area contributed by atoms with Gasteiger partial charge in [0.15, 0.2) is 0 Å². The van der Waals surface area contributed by atoms with Crippen LogP contribution in [0.15, 0.2) is 27.5 Å². The van der Waals surface area contributed by atoms with E-state index in [0.717, 1.165) is 27.0 Å². The normalized spacial score (nSPS) is 15.6. The molecule has 28 heavy (non-hydrogen) atoms. The molecule has 1 aliphatic carbocycles. The number of aryl methyl sites for hydroxylation is 1. The van der Waals surface area contributed by atoms with Crippen LogP contribution in [0.25, 0.3) is 10.9 Å². The van der Waals surface area contributed by atoms with Gasteiger partial charge in [-0.25, -0.2) is 0 Å². The fourth-order valence-electron chi connectivity index (χ4n) is 3.74. The Hall–Kier alpha value is -1.44. The van der Waals surface area contributed by atoms with Crippen molar-refractivity contribution in [3.05, 3.63) is 44.2 Å². The third kappa shape index (κ3) is 3.84. The summed E-state index contributed by atoms with van der Waals surface area (Å²) < 4.78 is 13.5. The average Bonchev–Trinajstić information content (AvgIpc) is 3.40. The molecule has 1 fully saturated rings. The van der Waals surface area contributed by atoms with Crippen LogP contribution in [0.1, 0.15) is 24.0 Å². The average molecular weight is 466 g/mol. The van der Waals surface area contributed by atoms with Crippen molar-refractivity contribution in [3.8, 4) is 0 Å². The van der Waals surface area contributed by atoms with Crippen LogP contribution in [-0.2, 0) is 26.4 Å².